The molecule has 0 bridgehead atoms. The second-order valence-electron chi connectivity index (χ2n) is 5.14. The molecular formula is C19H23NO4. The summed E-state index contributed by atoms with van der Waals surface area (Å²) in [6.07, 6.45) is -0.0402. The molecule has 0 fully saturated rings. The van der Waals surface area contributed by atoms with Crippen molar-refractivity contribution < 1.29 is 19.0 Å². The highest BCUT2D eigenvalue weighted by atomic mass is 16.5. The molecule has 5 nitrogen and oxygen atoms in total. The van der Waals surface area contributed by atoms with Gasteiger partial charge in [-0.3, -0.25) is 4.79 Å². The molecule has 0 aliphatic carbocycles. The Labute approximate surface area is 142 Å². The van der Waals surface area contributed by atoms with E-state index in [0.717, 1.165) is 5.75 Å². The molecule has 128 valence electrons. The summed E-state index contributed by atoms with van der Waals surface area (Å²) < 4.78 is 16.4. The lowest BCUT2D eigenvalue weighted by Gasteiger charge is -2.18. The molecule has 2 aromatic carbocycles. The number of carbonyl (C=O) groups excluding carboxylic acids is 1. The molecule has 0 aliphatic heterocycles. The van der Waals surface area contributed by atoms with Gasteiger partial charge in [-0.15, -0.1) is 0 Å². The maximum absolute atomic E-state index is 12.5. The second-order valence-corrected chi connectivity index (χ2v) is 5.14. The molecule has 0 saturated heterocycles. The molecule has 0 heterocycles. The van der Waals surface area contributed by atoms with E-state index in [2.05, 4.69) is 5.32 Å². The first-order valence-corrected chi connectivity index (χ1v) is 8.00. The molecule has 0 aliphatic rings. The maximum Gasteiger partial charge on any atom is 0.265 e. The van der Waals surface area contributed by atoms with Crippen LogP contribution in [0, 0.1) is 0 Å². The zero-order chi connectivity index (χ0) is 17.4. The first-order chi connectivity index (χ1) is 11.7. The Morgan fingerprint density at radius 3 is 2.46 bits per heavy atom. The Morgan fingerprint density at radius 1 is 1.04 bits per heavy atom. The lowest BCUT2D eigenvalue weighted by molar-refractivity contribution is -0.122. The van der Waals surface area contributed by atoms with Crippen LogP contribution in [0.2, 0.25) is 0 Å². The standard InChI is InChI=1S/C19H23NO4/c1-4-18(24-17-11-7-9-15(13-17)22-3)19(21)20-14-8-6-10-16(12-14)23-5-2/h6-13,18H,4-5H2,1-3H3,(H,20,21)/t18-/m0/s1. The summed E-state index contributed by atoms with van der Waals surface area (Å²) in [6, 6.07) is 14.5. The van der Waals surface area contributed by atoms with Gasteiger partial charge in [-0.2, -0.15) is 0 Å². The maximum atomic E-state index is 12.5. The van der Waals surface area contributed by atoms with Crippen LogP contribution in [-0.4, -0.2) is 25.7 Å². The van der Waals surface area contributed by atoms with Crippen molar-refractivity contribution in [1.82, 2.24) is 0 Å². The Morgan fingerprint density at radius 2 is 1.75 bits per heavy atom. The number of benzene rings is 2. The van der Waals surface area contributed by atoms with Gasteiger partial charge in [0.05, 0.1) is 13.7 Å². The number of methoxy groups -OCH3 is 1. The number of amides is 1. The highest BCUT2D eigenvalue weighted by Gasteiger charge is 2.19. The van der Waals surface area contributed by atoms with Crippen molar-refractivity contribution in [1.29, 1.82) is 0 Å². The molecule has 0 saturated carbocycles. The lowest BCUT2D eigenvalue weighted by atomic mass is 10.2. The summed E-state index contributed by atoms with van der Waals surface area (Å²) in [5.74, 6) is 1.80. The number of ether oxygens (including phenoxy) is 3. The van der Waals surface area contributed by atoms with E-state index in [1.54, 1.807) is 25.3 Å². The molecule has 1 amide bonds. The summed E-state index contributed by atoms with van der Waals surface area (Å²) in [5, 5.41) is 2.87. The van der Waals surface area contributed by atoms with Gasteiger partial charge in [-0.1, -0.05) is 19.1 Å². The molecule has 0 spiro atoms. The van der Waals surface area contributed by atoms with Gasteiger partial charge >= 0.3 is 0 Å². The SMILES string of the molecule is CCOc1cccc(NC(=O)[C@H](CC)Oc2cccc(OC)c2)c1. The van der Waals surface area contributed by atoms with Gasteiger partial charge in [0.1, 0.15) is 17.2 Å². The van der Waals surface area contributed by atoms with Crippen LogP contribution >= 0.6 is 0 Å². The number of carbonyl (C=O) groups is 1. The minimum absolute atomic E-state index is 0.200. The van der Waals surface area contributed by atoms with Crippen molar-refractivity contribution in [3.05, 3.63) is 48.5 Å². The first kappa shape index (κ1) is 17.7. The largest absolute Gasteiger partial charge is 0.497 e. The minimum atomic E-state index is -0.590. The molecule has 1 atom stereocenters. The second kappa shape index (κ2) is 8.82. The summed E-state index contributed by atoms with van der Waals surface area (Å²) >= 11 is 0. The Bertz CT molecular complexity index is 672. The average molecular weight is 329 g/mol. The number of hydrogen-bond donors (Lipinski definition) is 1. The van der Waals surface area contributed by atoms with Crippen molar-refractivity contribution in [2.75, 3.05) is 19.0 Å². The summed E-state index contributed by atoms with van der Waals surface area (Å²) in [6.45, 7) is 4.40. The molecule has 24 heavy (non-hydrogen) atoms. The van der Waals surface area contributed by atoms with Gasteiger partial charge < -0.3 is 19.5 Å². The summed E-state index contributed by atoms with van der Waals surface area (Å²) in [7, 11) is 1.59. The highest BCUT2D eigenvalue weighted by Crippen LogP contribution is 2.22. The van der Waals surface area contributed by atoms with Crippen LogP contribution in [-0.2, 0) is 4.79 Å². The minimum Gasteiger partial charge on any atom is -0.497 e. The number of nitrogens with one attached hydrogen (secondary N) is 1. The molecule has 5 heteroatoms. The highest BCUT2D eigenvalue weighted by molar-refractivity contribution is 5.94. The topological polar surface area (TPSA) is 56.8 Å². The monoisotopic (exact) mass is 329 g/mol. The third-order valence-electron chi connectivity index (χ3n) is 3.40. The predicted molar refractivity (Wildman–Crippen MR) is 93.9 cm³/mol. The molecule has 0 radical (unpaired) electrons. The van der Waals surface area contributed by atoms with Crippen LogP contribution in [0.1, 0.15) is 20.3 Å². The van der Waals surface area contributed by atoms with Crippen molar-refractivity contribution in [3.63, 3.8) is 0 Å². The molecule has 2 rings (SSSR count). The smallest absolute Gasteiger partial charge is 0.265 e. The zero-order valence-electron chi connectivity index (χ0n) is 14.2. The fraction of sp³-hybridized carbons (Fsp3) is 0.316. The van der Waals surface area contributed by atoms with Crippen LogP contribution in [0.3, 0.4) is 0 Å². The van der Waals surface area contributed by atoms with E-state index in [1.807, 2.05) is 44.2 Å². The Hall–Kier alpha value is -2.69. The van der Waals surface area contributed by atoms with Crippen molar-refractivity contribution >= 4 is 11.6 Å². The first-order valence-electron chi connectivity index (χ1n) is 8.00. The normalized spacial score (nSPS) is 11.5. The third kappa shape index (κ3) is 4.91. The zero-order valence-corrected chi connectivity index (χ0v) is 14.2. The van der Waals surface area contributed by atoms with Crippen LogP contribution in [0.4, 0.5) is 5.69 Å². The molecule has 1 N–H and O–H groups in total. The summed E-state index contributed by atoms with van der Waals surface area (Å²) in [4.78, 5) is 12.5. The van der Waals surface area contributed by atoms with Crippen molar-refractivity contribution in [2.24, 2.45) is 0 Å². The van der Waals surface area contributed by atoms with Gasteiger partial charge in [0, 0.05) is 17.8 Å². The van der Waals surface area contributed by atoms with E-state index in [4.69, 9.17) is 14.2 Å². The van der Waals surface area contributed by atoms with Crippen LogP contribution in [0.5, 0.6) is 17.2 Å². The number of anilines is 1. The van der Waals surface area contributed by atoms with Crippen LogP contribution in [0.25, 0.3) is 0 Å². The Balaban J connectivity index is 2.04. The van der Waals surface area contributed by atoms with E-state index >= 15 is 0 Å². The van der Waals surface area contributed by atoms with E-state index < -0.39 is 6.10 Å². The van der Waals surface area contributed by atoms with E-state index in [0.29, 0.717) is 30.2 Å². The fourth-order valence-corrected chi connectivity index (χ4v) is 2.21. The molecular weight excluding hydrogens is 306 g/mol. The van der Waals surface area contributed by atoms with E-state index in [9.17, 15) is 4.79 Å². The molecule has 2 aromatic rings. The van der Waals surface area contributed by atoms with Gasteiger partial charge in [0.2, 0.25) is 0 Å². The average Bonchev–Trinajstić information content (AvgIpc) is 2.60. The fourth-order valence-electron chi connectivity index (χ4n) is 2.21. The van der Waals surface area contributed by atoms with Crippen LogP contribution in [0.15, 0.2) is 48.5 Å². The van der Waals surface area contributed by atoms with Crippen molar-refractivity contribution in [3.8, 4) is 17.2 Å². The number of rotatable bonds is 8. The predicted octanol–water partition coefficient (Wildman–Crippen LogP) is 3.89. The van der Waals surface area contributed by atoms with Gasteiger partial charge in [-0.05, 0) is 37.6 Å². The Kier molecular flexibility index (Phi) is 6.49. The van der Waals surface area contributed by atoms with Crippen molar-refractivity contribution in [2.45, 2.75) is 26.4 Å². The summed E-state index contributed by atoms with van der Waals surface area (Å²) in [5.41, 5.74) is 0.679. The van der Waals surface area contributed by atoms with E-state index in [-0.39, 0.29) is 5.91 Å². The lowest BCUT2D eigenvalue weighted by Crippen LogP contribution is -2.32. The van der Waals surface area contributed by atoms with Crippen LogP contribution < -0.4 is 19.5 Å². The van der Waals surface area contributed by atoms with Gasteiger partial charge in [0.15, 0.2) is 6.10 Å². The van der Waals surface area contributed by atoms with Gasteiger partial charge in [0.25, 0.3) is 5.91 Å². The molecule has 0 unspecified atom stereocenters. The number of hydrogen-bond acceptors (Lipinski definition) is 4. The molecule has 0 aromatic heterocycles. The third-order valence-corrected chi connectivity index (χ3v) is 3.40. The van der Waals surface area contributed by atoms with E-state index in [1.165, 1.54) is 0 Å². The quantitative estimate of drug-likeness (QED) is 0.798. The van der Waals surface area contributed by atoms with Gasteiger partial charge in [-0.25, -0.2) is 0 Å².